The smallest absolute Gasteiger partial charge is 0.387 e. The Kier molecular flexibility index (Phi) is 4.46. The molecule has 0 aromatic heterocycles. The lowest BCUT2D eigenvalue weighted by Crippen LogP contribution is -2.13. The van der Waals surface area contributed by atoms with Gasteiger partial charge in [0, 0.05) is 5.56 Å². The Morgan fingerprint density at radius 2 is 1.81 bits per heavy atom. The number of ether oxygens (including phenoxy) is 1. The lowest BCUT2D eigenvalue weighted by atomic mass is 10.1. The fourth-order valence-electron chi connectivity index (χ4n) is 1.66. The van der Waals surface area contributed by atoms with Crippen molar-refractivity contribution < 1.29 is 18.3 Å². The molecule has 1 N–H and O–H groups in total. The number of para-hydroxylation sites is 2. The van der Waals surface area contributed by atoms with E-state index >= 15 is 0 Å². The number of benzene rings is 2. The van der Waals surface area contributed by atoms with Gasteiger partial charge in [-0.3, -0.25) is 4.79 Å². The number of carbonyl (C=O) groups excluding carboxylic acids is 1. The normalized spacial score (nSPS) is 10.0. The predicted molar refractivity (Wildman–Crippen MR) is 72.2 cm³/mol. The first-order valence-corrected chi connectivity index (χ1v) is 5.95. The molecule has 106 valence electrons. The van der Waals surface area contributed by atoms with Crippen LogP contribution in [-0.4, -0.2) is 12.5 Å². The predicted octanol–water partition coefficient (Wildman–Crippen LogP) is 3.41. The van der Waals surface area contributed by atoms with Gasteiger partial charge in [0.05, 0.1) is 17.3 Å². The molecular formula is C15H10F2N2O2. The van der Waals surface area contributed by atoms with E-state index in [2.05, 4.69) is 10.1 Å². The minimum Gasteiger partial charge on any atom is -0.433 e. The Labute approximate surface area is 119 Å². The first-order chi connectivity index (χ1) is 10.1. The lowest BCUT2D eigenvalue weighted by Gasteiger charge is -2.11. The van der Waals surface area contributed by atoms with E-state index in [9.17, 15) is 13.6 Å². The summed E-state index contributed by atoms with van der Waals surface area (Å²) in [5.41, 5.74) is 0.876. The van der Waals surface area contributed by atoms with Crippen molar-refractivity contribution in [1.82, 2.24) is 0 Å². The second kappa shape index (κ2) is 6.48. The fourth-order valence-corrected chi connectivity index (χ4v) is 1.66. The third-order valence-electron chi connectivity index (χ3n) is 2.63. The number of hydrogen-bond donors (Lipinski definition) is 1. The summed E-state index contributed by atoms with van der Waals surface area (Å²) < 4.78 is 28.9. The quantitative estimate of drug-likeness (QED) is 0.937. The summed E-state index contributed by atoms with van der Waals surface area (Å²) >= 11 is 0. The van der Waals surface area contributed by atoms with Crippen LogP contribution in [0.1, 0.15) is 15.9 Å². The van der Waals surface area contributed by atoms with E-state index in [4.69, 9.17) is 5.26 Å². The van der Waals surface area contributed by atoms with Gasteiger partial charge in [0.15, 0.2) is 0 Å². The number of hydrogen-bond acceptors (Lipinski definition) is 3. The third-order valence-corrected chi connectivity index (χ3v) is 2.63. The van der Waals surface area contributed by atoms with Gasteiger partial charge in [-0.25, -0.2) is 0 Å². The fraction of sp³-hybridized carbons (Fsp3) is 0.0667. The average Bonchev–Trinajstić information content (AvgIpc) is 2.49. The second-order valence-corrected chi connectivity index (χ2v) is 4.02. The molecule has 0 atom stereocenters. The average molecular weight is 288 g/mol. The molecule has 0 saturated heterocycles. The molecule has 0 fully saturated rings. The van der Waals surface area contributed by atoms with Crippen molar-refractivity contribution in [1.29, 1.82) is 5.26 Å². The van der Waals surface area contributed by atoms with Crippen molar-refractivity contribution in [2.75, 3.05) is 5.32 Å². The van der Waals surface area contributed by atoms with E-state index in [0.717, 1.165) is 0 Å². The van der Waals surface area contributed by atoms with Crippen LogP contribution in [0.25, 0.3) is 0 Å². The van der Waals surface area contributed by atoms with Crippen LogP contribution in [0.15, 0.2) is 48.5 Å². The van der Waals surface area contributed by atoms with Gasteiger partial charge in [0.2, 0.25) is 0 Å². The standard InChI is InChI=1S/C15H10F2N2O2/c16-15(17)21-13-4-2-1-3-12(13)19-14(20)11-7-5-10(9-18)6-8-11/h1-8,15H,(H,19,20). The summed E-state index contributed by atoms with van der Waals surface area (Å²) in [4.78, 5) is 12.0. The summed E-state index contributed by atoms with van der Waals surface area (Å²) in [5.74, 6) is -0.598. The van der Waals surface area contributed by atoms with Gasteiger partial charge in [0.25, 0.3) is 5.91 Å². The molecule has 1 amide bonds. The molecule has 0 aliphatic carbocycles. The number of nitriles is 1. The van der Waals surface area contributed by atoms with Crippen LogP contribution in [0.4, 0.5) is 14.5 Å². The Morgan fingerprint density at radius 3 is 2.43 bits per heavy atom. The minimum atomic E-state index is -2.97. The van der Waals surface area contributed by atoms with Gasteiger partial charge in [-0.1, -0.05) is 12.1 Å². The van der Waals surface area contributed by atoms with Crippen LogP contribution < -0.4 is 10.1 Å². The highest BCUT2D eigenvalue weighted by Gasteiger charge is 2.12. The molecule has 0 heterocycles. The lowest BCUT2D eigenvalue weighted by molar-refractivity contribution is -0.0493. The Balaban J connectivity index is 2.17. The molecule has 0 saturated carbocycles. The number of halogens is 2. The summed E-state index contributed by atoms with van der Waals surface area (Å²) in [6.45, 7) is -2.97. The van der Waals surface area contributed by atoms with Crippen molar-refractivity contribution in [3.8, 4) is 11.8 Å². The number of nitrogens with zero attached hydrogens (tertiary/aromatic N) is 1. The van der Waals surface area contributed by atoms with Crippen LogP contribution in [0.5, 0.6) is 5.75 Å². The van der Waals surface area contributed by atoms with Gasteiger partial charge in [-0.2, -0.15) is 14.0 Å². The molecule has 2 rings (SSSR count). The zero-order valence-corrected chi connectivity index (χ0v) is 10.7. The van der Waals surface area contributed by atoms with E-state index in [-0.39, 0.29) is 11.4 Å². The molecule has 0 spiro atoms. The maximum Gasteiger partial charge on any atom is 0.387 e. The molecule has 0 aliphatic rings. The van der Waals surface area contributed by atoms with Crippen LogP contribution in [0.3, 0.4) is 0 Å². The van der Waals surface area contributed by atoms with Crippen LogP contribution >= 0.6 is 0 Å². The summed E-state index contributed by atoms with van der Waals surface area (Å²) in [5, 5.41) is 11.2. The first-order valence-electron chi connectivity index (χ1n) is 5.95. The number of anilines is 1. The van der Waals surface area contributed by atoms with Crippen molar-refractivity contribution in [3.05, 3.63) is 59.7 Å². The molecular weight excluding hydrogens is 278 g/mol. The molecule has 6 heteroatoms. The molecule has 2 aromatic carbocycles. The molecule has 2 aromatic rings. The topological polar surface area (TPSA) is 62.1 Å². The number of rotatable bonds is 4. The molecule has 0 bridgehead atoms. The Hall–Kier alpha value is -2.94. The van der Waals surface area contributed by atoms with Gasteiger partial charge in [-0.15, -0.1) is 0 Å². The third kappa shape index (κ3) is 3.76. The van der Waals surface area contributed by atoms with E-state index in [1.54, 1.807) is 6.07 Å². The number of alkyl halides is 2. The summed E-state index contributed by atoms with van der Waals surface area (Å²) in [6, 6.07) is 13.8. The largest absolute Gasteiger partial charge is 0.433 e. The Bertz CT molecular complexity index is 679. The maximum atomic E-state index is 12.3. The summed E-state index contributed by atoms with van der Waals surface area (Å²) in [6.07, 6.45) is 0. The molecule has 21 heavy (non-hydrogen) atoms. The van der Waals surface area contributed by atoms with Gasteiger partial charge >= 0.3 is 6.61 Å². The van der Waals surface area contributed by atoms with Crippen LogP contribution in [-0.2, 0) is 0 Å². The van der Waals surface area contributed by atoms with E-state index < -0.39 is 12.5 Å². The molecule has 4 nitrogen and oxygen atoms in total. The highest BCUT2D eigenvalue weighted by atomic mass is 19.3. The van der Waals surface area contributed by atoms with E-state index in [0.29, 0.717) is 11.1 Å². The van der Waals surface area contributed by atoms with Crippen LogP contribution in [0.2, 0.25) is 0 Å². The highest BCUT2D eigenvalue weighted by Crippen LogP contribution is 2.26. The monoisotopic (exact) mass is 288 g/mol. The maximum absolute atomic E-state index is 12.3. The first kappa shape index (κ1) is 14.5. The van der Waals surface area contributed by atoms with Crippen molar-refractivity contribution in [2.24, 2.45) is 0 Å². The van der Waals surface area contributed by atoms with Crippen molar-refractivity contribution in [3.63, 3.8) is 0 Å². The second-order valence-electron chi connectivity index (χ2n) is 4.02. The molecule has 0 radical (unpaired) electrons. The molecule has 0 aliphatic heterocycles. The van der Waals surface area contributed by atoms with Crippen molar-refractivity contribution in [2.45, 2.75) is 6.61 Å². The van der Waals surface area contributed by atoms with E-state index in [1.807, 2.05) is 6.07 Å². The van der Waals surface area contributed by atoms with Gasteiger partial charge in [-0.05, 0) is 36.4 Å². The van der Waals surface area contributed by atoms with Crippen LogP contribution in [0, 0.1) is 11.3 Å². The number of carbonyl (C=O) groups is 1. The van der Waals surface area contributed by atoms with E-state index in [1.165, 1.54) is 42.5 Å². The zero-order valence-electron chi connectivity index (χ0n) is 10.7. The van der Waals surface area contributed by atoms with Crippen molar-refractivity contribution >= 4 is 11.6 Å². The summed E-state index contributed by atoms with van der Waals surface area (Å²) in [7, 11) is 0. The minimum absolute atomic E-state index is 0.116. The number of amides is 1. The highest BCUT2D eigenvalue weighted by molar-refractivity contribution is 6.05. The molecule has 0 unspecified atom stereocenters. The zero-order chi connectivity index (χ0) is 15.2. The number of nitrogens with one attached hydrogen (secondary N) is 1. The Morgan fingerprint density at radius 1 is 1.14 bits per heavy atom. The SMILES string of the molecule is N#Cc1ccc(C(=O)Nc2ccccc2OC(F)F)cc1. The van der Waals surface area contributed by atoms with Gasteiger partial charge < -0.3 is 10.1 Å². The van der Waals surface area contributed by atoms with Gasteiger partial charge in [0.1, 0.15) is 5.75 Å².